The third kappa shape index (κ3) is 4.35. The number of rotatable bonds is 4. The monoisotopic (exact) mass is 335 g/mol. The number of thioether (sulfide) groups is 1. The molecule has 0 aromatic carbocycles. The summed E-state index contributed by atoms with van der Waals surface area (Å²) >= 11 is 1.41. The molecule has 3 unspecified atom stereocenters. The van der Waals surface area contributed by atoms with E-state index in [9.17, 15) is 18.0 Å². The molecule has 8 heteroatoms. The van der Waals surface area contributed by atoms with E-state index in [2.05, 4.69) is 0 Å². The van der Waals surface area contributed by atoms with Crippen molar-refractivity contribution in [2.75, 3.05) is 23.8 Å². The molecule has 0 aromatic heterocycles. The lowest BCUT2D eigenvalue weighted by molar-refractivity contribution is -0.146. The number of nitrogens with zero attached hydrogens (tertiary/aromatic N) is 1. The molecule has 3 atom stereocenters. The normalized spacial score (nSPS) is 32.0. The van der Waals surface area contributed by atoms with Crippen LogP contribution < -0.4 is 0 Å². The van der Waals surface area contributed by atoms with Crippen LogP contribution in [0, 0.1) is 5.92 Å². The van der Waals surface area contributed by atoms with Crippen LogP contribution in [-0.2, 0) is 19.4 Å². The van der Waals surface area contributed by atoms with E-state index in [0.717, 1.165) is 0 Å². The van der Waals surface area contributed by atoms with Crippen molar-refractivity contribution >= 4 is 33.5 Å². The van der Waals surface area contributed by atoms with E-state index in [1.807, 2.05) is 6.92 Å². The van der Waals surface area contributed by atoms with E-state index in [4.69, 9.17) is 5.11 Å². The van der Waals surface area contributed by atoms with Crippen molar-refractivity contribution in [1.29, 1.82) is 0 Å². The molecule has 0 bridgehead atoms. The zero-order chi connectivity index (χ0) is 15.6. The lowest BCUT2D eigenvalue weighted by Gasteiger charge is -2.36. The molecule has 2 heterocycles. The van der Waals surface area contributed by atoms with Crippen LogP contribution >= 0.6 is 11.8 Å². The van der Waals surface area contributed by atoms with Crippen LogP contribution in [0.2, 0.25) is 0 Å². The van der Waals surface area contributed by atoms with Crippen molar-refractivity contribution in [3.63, 3.8) is 0 Å². The Labute approximate surface area is 129 Å². The van der Waals surface area contributed by atoms with Crippen LogP contribution in [-0.4, -0.2) is 65.4 Å². The predicted octanol–water partition coefficient (Wildman–Crippen LogP) is 0.618. The smallest absolute Gasteiger partial charge is 0.306 e. The number of carboxylic acids is 1. The number of hydrogen-bond donors (Lipinski definition) is 1. The fourth-order valence-corrected chi connectivity index (χ4v) is 6.46. The SMILES string of the molecule is CC1CC(C(=O)O)CCN1C(=O)CSC1CCS(=O)(=O)C1. The second-order valence-electron chi connectivity index (χ2n) is 5.83. The molecule has 0 spiro atoms. The molecule has 0 aliphatic carbocycles. The fraction of sp³-hybridized carbons (Fsp3) is 0.846. The topological polar surface area (TPSA) is 91.8 Å². The maximum Gasteiger partial charge on any atom is 0.306 e. The molecule has 21 heavy (non-hydrogen) atoms. The highest BCUT2D eigenvalue weighted by atomic mass is 32.2. The number of carboxylic acid groups (broad SMARTS) is 1. The van der Waals surface area contributed by atoms with Gasteiger partial charge in [0.1, 0.15) is 0 Å². The molecule has 0 saturated carbocycles. The van der Waals surface area contributed by atoms with Gasteiger partial charge in [-0.1, -0.05) is 0 Å². The first-order valence-electron chi connectivity index (χ1n) is 7.13. The minimum Gasteiger partial charge on any atom is -0.481 e. The third-order valence-electron chi connectivity index (χ3n) is 4.18. The van der Waals surface area contributed by atoms with Crippen molar-refractivity contribution in [3.05, 3.63) is 0 Å². The Kier molecular flexibility index (Phi) is 5.19. The minimum atomic E-state index is -2.91. The number of piperidine rings is 1. The average molecular weight is 335 g/mol. The molecule has 2 rings (SSSR count). The molecule has 6 nitrogen and oxygen atoms in total. The molecule has 120 valence electrons. The van der Waals surface area contributed by atoms with Gasteiger partial charge in [0.2, 0.25) is 5.91 Å². The fourth-order valence-electron chi connectivity index (χ4n) is 2.93. The van der Waals surface area contributed by atoms with E-state index < -0.39 is 15.8 Å². The van der Waals surface area contributed by atoms with Crippen molar-refractivity contribution < 1.29 is 23.1 Å². The number of likely N-dealkylation sites (tertiary alicyclic amines) is 1. The first-order chi connectivity index (χ1) is 9.78. The summed E-state index contributed by atoms with van der Waals surface area (Å²) in [5, 5.41) is 9.03. The Morgan fingerprint density at radius 2 is 2.05 bits per heavy atom. The second kappa shape index (κ2) is 6.56. The lowest BCUT2D eigenvalue weighted by atomic mass is 9.92. The summed E-state index contributed by atoms with van der Waals surface area (Å²) in [4.78, 5) is 24.9. The highest BCUT2D eigenvalue weighted by Crippen LogP contribution is 2.27. The predicted molar refractivity (Wildman–Crippen MR) is 81.1 cm³/mol. The van der Waals surface area contributed by atoms with Gasteiger partial charge in [-0.15, -0.1) is 11.8 Å². The standard InChI is InChI=1S/C13H21NO5S2/c1-9-6-10(13(16)17)2-4-14(9)12(15)7-20-11-3-5-21(18,19)8-11/h9-11H,2-8H2,1H3,(H,16,17). The summed E-state index contributed by atoms with van der Waals surface area (Å²) in [6.45, 7) is 2.35. The van der Waals surface area contributed by atoms with Crippen LogP contribution in [0.3, 0.4) is 0 Å². The first-order valence-corrected chi connectivity index (χ1v) is 10.00. The molecular weight excluding hydrogens is 314 g/mol. The van der Waals surface area contributed by atoms with E-state index in [0.29, 0.717) is 25.8 Å². The summed E-state index contributed by atoms with van der Waals surface area (Å²) in [5.41, 5.74) is 0. The number of carbonyl (C=O) groups excluding carboxylic acids is 1. The molecule has 0 radical (unpaired) electrons. The molecule has 0 aromatic rings. The van der Waals surface area contributed by atoms with Gasteiger partial charge in [0.15, 0.2) is 9.84 Å². The quantitative estimate of drug-likeness (QED) is 0.810. The minimum absolute atomic E-state index is 0.0133. The van der Waals surface area contributed by atoms with Gasteiger partial charge < -0.3 is 10.0 Å². The molecule has 1 N–H and O–H groups in total. The summed E-state index contributed by atoms with van der Waals surface area (Å²) in [7, 11) is -2.91. The molecule has 2 aliphatic rings. The van der Waals surface area contributed by atoms with Gasteiger partial charge in [-0.3, -0.25) is 9.59 Å². The molecule has 2 saturated heterocycles. The van der Waals surface area contributed by atoms with E-state index in [-0.39, 0.29) is 40.4 Å². The van der Waals surface area contributed by atoms with Gasteiger partial charge in [0.05, 0.1) is 23.2 Å². The first kappa shape index (κ1) is 16.6. The number of carbonyl (C=O) groups is 2. The van der Waals surface area contributed by atoms with Crippen LogP contribution in [0.15, 0.2) is 0 Å². The van der Waals surface area contributed by atoms with E-state index >= 15 is 0 Å². The van der Waals surface area contributed by atoms with E-state index in [1.165, 1.54) is 11.8 Å². The number of sulfone groups is 1. The average Bonchev–Trinajstić information content (AvgIpc) is 2.75. The van der Waals surface area contributed by atoms with Crippen LogP contribution in [0.4, 0.5) is 0 Å². The van der Waals surface area contributed by atoms with Crippen LogP contribution in [0.25, 0.3) is 0 Å². The zero-order valence-electron chi connectivity index (χ0n) is 12.0. The van der Waals surface area contributed by atoms with Crippen molar-refractivity contribution in [2.45, 2.75) is 37.5 Å². The van der Waals surface area contributed by atoms with Crippen LogP contribution in [0.1, 0.15) is 26.2 Å². The number of hydrogen-bond acceptors (Lipinski definition) is 5. The number of aliphatic carboxylic acids is 1. The number of amides is 1. The van der Waals surface area contributed by atoms with Gasteiger partial charge in [0, 0.05) is 17.8 Å². The Morgan fingerprint density at radius 3 is 2.57 bits per heavy atom. The Hall–Kier alpha value is -0.760. The van der Waals surface area contributed by atoms with Gasteiger partial charge in [0.25, 0.3) is 0 Å². The van der Waals surface area contributed by atoms with Gasteiger partial charge in [-0.25, -0.2) is 8.42 Å². The lowest BCUT2D eigenvalue weighted by Crippen LogP contribution is -2.46. The summed E-state index contributed by atoms with van der Waals surface area (Å²) in [5.74, 6) is -0.500. The van der Waals surface area contributed by atoms with Crippen LogP contribution in [0.5, 0.6) is 0 Å². The Balaban J connectivity index is 1.80. The summed E-state index contributed by atoms with van der Waals surface area (Å²) < 4.78 is 22.8. The highest BCUT2D eigenvalue weighted by Gasteiger charge is 2.33. The largest absolute Gasteiger partial charge is 0.481 e. The second-order valence-corrected chi connectivity index (χ2v) is 9.35. The Bertz CT molecular complexity index is 519. The highest BCUT2D eigenvalue weighted by molar-refractivity contribution is 8.02. The Morgan fingerprint density at radius 1 is 1.33 bits per heavy atom. The summed E-state index contributed by atoms with van der Waals surface area (Å²) in [6, 6.07) is -0.0692. The van der Waals surface area contributed by atoms with Crippen molar-refractivity contribution in [3.8, 4) is 0 Å². The third-order valence-corrected chi connectivity index (χ3v) is 7.45. The molecule has 1 amide bonds. The van der Waals surface area contributed by atoms with Gasteiger partial charge >= 0.3 is 5.97 Å². The molecule has 2 fully saturated rings. The maximum atomic E-state index is 12.2. The van der Waals surface area contributed by atoms with Gasteiger partial charge in [-0.05, 0) is 26.2 Å². The molecule has 2 aliphatic heterocycles. The maximum absolute atomic E-state index is 12.2. The van der Waals surface area contributed by atoms with Crippen molar-refractivity contribution in [1.82, 2.24) is 4.90 Å². The zero-order valence-corrected chi connectivity index (χ0v) is 13.7. The van der Waals surface area contributed by atoms with E-state index in [1.54, 1.807) is 4.90 Å². The van der Waals surface area contributed by atoms with Crippen molar-refractivity contribution in [2.24, 2.45) is 5.92 Å². The summed E-state index contributed by atoms with van der Waals surface area (Å²) in [6.07, 6.45) is 1.61. The molecular formula is C13H21NO5S2. The van der Waals surface area contributed by atoms with Gasteiger partial charge in [-0.2, -0.15) is 0 Å².